The van der Waals surface area contributed by atoms with E-state index in [0.717, 1.165) is 24.4 Å². The summed E-state index contributed by atoms with van der Waals surface area (Å²) in [7, 11) is 0. The second-order valence-electron chi connectivity index (χ2n) is 4.75. The molecule has 0 spiro atoms. The van der Waals surface area contributed by atoms with Gasteiger partial charge in [0, 0.05) is 25.4 Å². The van der Waals surface area contributed by atoms with Crippen LogP contribution in [0.5, 0.6) is 0 Å². The number of hydrogen-bond donors (Lipinski definition) is 2. The van der Waals surface area contributed by atoms with Crippen molar-refractivity contribution in [2.45, 2.75) is 25.3 Å². The molecule has 1 aliphatic rings. The first-order valence-corrected chi connectivity index (χ1v) is 7.56. The molecule has 1 saturated heterocycles. The maximum Gasteiger partial charge on any atom is 0.227 e. The SMILES string of the molecule is O=C(CCc1nc(-c2cccs2)no1)NC1CCNC1. The summed E-state index contributed by atoms with van der Waals surface area (Å²) in [5, 5.41) is 12.1. The zero-order valence-corrected chi connectivity index (χ0v) is 11.8. The Labute approximate surface area is 120 Å². The second kappa shape index (κ2) is 6.15. The zero-order chi connectivity index (χ0) is 13.8. The Bertz CT molecular complexity index is 561. The third-order valence-corrected chi connectivity index (χ3v) is 4.07. The van der Waals surface area contributed by atoms with Crippen molar-refractivity contribution >= 4 is 17.2 Å². The second-order valence-corrected chi connectivity index (χ2v) is 5.69. The van der Waals surface area contributed by atoms with Gasteiger partial charge in [-0.2, -0.15) is 4.98 Å². The molecule has 0 aliphatic carbocycles. The standard InChI is InChI=1S/C13H16N4O2S/c18-11(15-9-5-6-14-8-9)3-4-12-16-13(17-19-12)10-2-1-7-20-10/h1-2,7,9,14H,3-6,8H2,(H,15,18). The van der Waals surface area contributed by atoms with Gasteiger partial charge in [0.2, 0.25) is 17.6 Å². The lowest BCUT2D eigenvalue weighted by molar-refractivity contribution is -0.121. The number of carbonyl (C=O) groups excluding carboxylic acids is 1. The van der Waals surface area contributed by atoms with Crippen LogP contribution in [-0.4, -0.2) is 35.2 Å². The fourth-order valence-corrected chi connectivity index (χ4v) is 2.81. The molecule has 7 heteroatoms. The molecule has 1 unspecified atom stereocenters. The topological polar surface area (TPSA) is 80.0 Å². The lowest BCUT2D eigenvalue weighted by Gasteiger charge is -2.10. The lowest BCUT2D eigenvalue weighted by Crippen LogP contribution is -2.36. The van der Waals surface area contributed by atoms with E-state index in [-0.39, 0.29) is 11.9 Å². The molecule has 1 fully saturated rings. The number of aryl methyl sites for hydroxylation is 1. The van der Waals surface area contributed by atoms with E-state index < -0.39 is 0 Å². The molecule has 106 valence electrons. The van der Waals surface area contributed by atoms with Gasteiger partial charge in [-0.15, -0.1) is 11.3 Å². The quantitative estimate of drug-likeness (QED) is 0.866. The fourth-order valence-electron chi connectivity index (χ4n) is 2.16. The minimum absolute atomic E-state index is 0.0366. The molecule has 20 heavy (non-hydrogen) atoms. The van der Waals surface area contributed by atoms with Gasteiger partial charge in [0.15, 0.2) is 0 Å². The molecule has 1 atom stereocenters. The van der Waals surface area contributed by atoms with Gasteiger partial charge >= 0.3 is 0 Å². The minimum atomic E-state index is 0.0366. The molecule has 1 amide bonds. The van der Waals surface area contributed by atoms with E-state index in [0.29, 0.717) is 24.6 Å². The molecule has 0 aromatic carbocycles. The third kappa shape index (κ3) is 3.23. The van der Waals surface area contributed by atoms with E-state index in [1.165, 1.54) is 0 Å². The first-order chi connectivity index (χ1) is 9.81. The number of thiophene rings is 1. The maximum atomic E-state index is 11.8. The molecule has 3 heterocycles. The Balaban J connectivity index is 1.49. The number of nitrogens with one attached hydrogen (secondary N) is 2. The number of carbonyl (C=O) groups is 1. The zero-order valence-electron chi connectivity index (χ0n) is 11.0. The van der Waals surface area contributed by atoms with Gasteiger partial charge in [0.1, 0.15) is 0 Å². The summed E-state index contributed by atoms with van der Waals surface area (Å²) >= 11 is 1.56. The first kappa shape index (κ1) is 13.3. The molecular formula is C13H16N4O2S. The normalized spacial score (nSPS) is 18.3. The molecule has 0 saturated carbocycles. The van der Waals surface area contributed by atoms with Crippen molar-refractivity contribution in [1.29, 1.82) is 0 Å². The fraction of sp³-hybridized carbons (Fsp3) is 0.462. The van der Waals surface area contributed by atoms with Gasteiger partial charge < -0.3 is 15.2 Å². The molecule has 0 bridgehead atoms. The molecule has 2 aromatic heterocycles. The van der Waals surface area contributed by atoms with Crippen molar-refractivity contribution < 1.29 is 9.32 Å². The lowest BCUT2D eigenvalue weighted by atomic mass is 10.2. The number of aromatic nitrogens is 2. The van der Waals surface area contributed by atoms with Gasteiger partial charge in [-0.1, -0.05) is 11.2 Å². The summed E-state index contributed by atoms with van der Waals surface area (Å²) in [6, 6.07) is 4.14. The molecule has 3 rings (SSSR count). The molecule has 2 N–H and O–H groups in total. The van der Waals surface area contributed by atoms with E-state index in [9.17, 15) is 4.79 Å². The summed E-state index contributed by atoms with van der Waals surface area (Å²) in [4.78, 5) is 17.1. The van der Waals surface area contributed by atoms with Crippen LogP contribution >= 0.6 is 11.3 Å². The van der Waals surface area contributed by atoms with Crippen LogP contribution in [0.1, 0.15) is 18.7 Å². The first-order valence-electron chi connectivity index (χ1n) is 6.68. The highest BCUT2D eigenvalue weighted by molar-refractivity contribution is 7.13. The predicted molar refractivity (Wildman–Crippen MR) is 75.3 cm³/mol. The Morgan fingerprint density at radius 3 is 3.30 bits per heavy atom. The van der Waals surface area contributed by atoms with Crippen LogP contribution in [0.3, 0.4) is 0 Å². The molecular weight excluding hydrogens is 276 g/mol. The van der Waals surface area contributed by atoms with Crippen LogP contribution in [0.4, 0.5) is 0 Å². The van der Waals surface area contributed by atoms with Crippen molar-refractivity contribution in [3.63, 3.8) is 0 Å². The van der Waals surface area contributed by atoms with Crippen molar-refractivity contribution in [2.75, 3.05) is 13.1 Å². The highest BCUT2D eigenvalue weighted by Gasteiger charge is 2.17. The van der Waals surface area contributed by atoms with Crippen LogP contribution in [0, 0.1) is 0 Å². The monoisotopic (exact) mass is 292 g/mol. The van der Waals surface area contributed by atoms with Gasteiger partial charge in [0.25, 0.3) is 0 Å². The van der Waals surface area contributed by atoms with Crippen LogP contribution in [-0.2, 0) is 11.2 Å². The number of rotatable bonds is 5. The summed E-state index contributed by atoms with van der Waals surface area (Å²) in [6.07, 6.45) is 1.85. The number of nitrogens with zero attached hydrogens (tertiary/aromatic N) is 2. The predicted octanol–water partition coefficient (Wildman–Crippen LogP) is 1.21. The molecule has 0 radical (unpaired) electrons. The van der Waals surface area contributed by atoms with E-state index in [4.69, 9.17) is 4.52 Å². The van der Waals surface area contributed by atoms with Crippen LogP contribution < -0.4 is 10.6 Å². The largest absolute Gasteiger partial charge is 0.352 e. The molecule has 2 aromatic rings. The minimum Gasteiger partial charge on any atom is -0.352 e. The van der Waals surface area contributed by atoms with Crippen LogP contribution in [0.2, 0.25) is 0 Å². The van der Waals surface area contributed by atoms with Crippen LogP contribution in [0.15, 0.2) is 22.0 Å². The highest BCUT2D eigenvalue weighted by atomic mass is 32.1. The summed E-state index contributed by atoms with van der Waals surface area (Å²) in [5.41, 5.74) is 0. The van der Waals surface area contributed by atoms with Crippen molar-refractivity contribution in [2.24, 2.45) is 0 Å². The summed E-state index contributed by atoms with van der Waals surface area (Å²) in [5.74, 6) is 1.14. The van der Waals surface area contributed by atoms with Crippen molar-refractivity contribution in [3.8, 4) is 10.7 Å². The van der Waals surface area contributed by atoms with Gasteiger partial charge in [-0.3, -0.25) is 4.79 Å². The summed E-state index contributed by atoms with van der Waals surface area (Å²) < 4.78 is 5.16. The third-order valence-electron chi connectivity index (χ3n) is 3.20. The van der Waals surface area contributed by atoms with Crippen molar-refractivity contribution in [1.82, 2.24) is 20.8 Å². The Kier molecular flexibility index (Phi) is 4.08. The number of hydrogen-bond acceptors (Lipinski definition) is 6. The Hall–Kier alpha value is -1.73. The van der Waals surface area contributed by atoms with Gasteiger partial charge in [-0.25, -0.2) is 0 Å². The number of amides is 1. The van der Waals surface area contributed by atoms with E-state index in [2.05, 4.69) is 20.8 Å². The van der Waals surface area contributed by atoms with Gasteiger partial charge in [0.05, 0.1) is 4.88 Å². The van der Waals surface area contributed by atoms with E-state index >= 15 is 0 Å². The molecule has 6 nitrogen and oxygen atoms in total. The Morgan fingerprint density at radius 2 is 2.55 bits per heavy atom. The smallest absolute Gasteiger partial charge is 0.227 e. The molecule has 1 aliphatic heterocycles. The van der Waals surface area contributed by atoms with Gasteiger partial charge in [-0.05, 0) is 24.4 Å². The average molecular weight is 292 g/mol. The van der Waals surface area contributed by atoms with Crippen molar-refractivity contribution in [3.05, 3.63) is 23.4 Å². The average Bonchev–Trinajstić information content (AvgIpc) is 3.18. The maximum absolute atomic E-state index is 11.8. The van der Waals surface area contributed by atoms with Crippen LogP contribution in [0.25, 0.3) is 10.7 Å². The highest BCUT2D eigenvalue weighted by Crippen LogP contribution is 2.21. The van der Waals surface area contributed by atoms with E-state index in [1.807, 2.05) is 17.5 Å². The summed E-state index contributed by atoms with van der Waals surface area (Å²) in [6.45, 7) is 1.83. The van der Waals surface area contributed by atoms with E-state index in [1.54, 1.807) is 11.3 Å². The Morgan fingerprint density at radius 1 is 1.60 bits per heavy atom.